The number of morpholine rings is 1. The first-order valence-corrected chi connectivity index (χ1v) is 7.16. The Kier molecular flexibility index (Phi) is 5.92. The summed E-state index contributed by atoms with van der Waals surface area (Å²) < 4.78 is 18.0. The topological polar surface area (TPSA) is 65.4 Å². The van der Waals surface area contributed by atoms with Crippen molar-refractivity contribution in [3.63, 3.8) is 0 Å². The van der Waals surface area contributed by atoms with Crippen molar-refractivity contribution in [2.45, 2.75) is 6.42 Å². The van der Waals surface area contributed by atoms with E-state index in [9.17, 15) is 9.18 Å². The van der Waals surface area contributed by atoms with Gasteiger partial charge in [0.2, 0.25) is 0 Å². The Bertz CT molecular complexity index is 572. The molecule has 22 heavy (non-hydrogen) atoms. The summed E-state index contributed by atoms with van der Waals surface area (Å²) in [4.78, 5) is 13.7. The second kappa shape index (κ2) is 8.15. The summed E-state index contributed by atoms with van der Waals surface area (Å²) in [6.07, 6.45) is 2.13. The predicted molar refractivity (Wildman–Crippen MR) is 79.2 cm³/mol. The van der Waals surface area contributed by atoms with E-state index >= 15 is 0 Å². The van der Waals surface area contributed by atoms with Crippen molar-refractivity contribution in [2.24, 2.45) is 0 Å². The van der Waals surface area contributed by atoms with Crippen LogP contribution < -0.4 is 5.32 Å². The van der Waals surface area contributed by atoms with Gasteiger partial charge in [0, 0.05) is 25.8 Å². The number of carbonyl (C=O) groups excluding carboxylic acids is 1. The number of nitriles is 1. The molecule has 0 unspecified atom stereocenters. The molecular weight excluding hydrogens is 285 g/mol. The highest BCUT2D eigenvalue weighted by Crippen LogP contribution is 2.05. The number of nitrogens with one attached hydrogen (secondary N) is 1. The summed E-state index contributed by atoms with van der Waals surface area (Å²) in [5.74, 6) is -0.542. The van der Waals surface area contributed by atoms with E-state index in [0.29, 0.717) is 39.3 Å². The summed E-state index contributed by atoms with van der Waals surface area (Å²) in [6.45, 7) is 2.58. The minimum Gasteiger partial charge on any atom is -0.389 e. The number of hydrogen-bond donors (Lipinski definition) is 1. The Hall–Kier alpha value is -2.39. The van der Waals surface area contributed by atoms with Crippen LogP contribution in [0.25, 0.3) is 0 Å². The molecule has 1 heterocycles. The third kappa shape index (κ3) is 4.57. The van der Waals surface area contributed by atoms with Gasteiger partial charge in [0.1, 0.15) is 17.5 Å². The van der Waals surface area contributed by atoms with E-state index in [1.165, 1.54) is 18.3 Å². The zero-order chi connectivity index (χ0) is 15.8. The summed E-state index contributed by atoms with van der Waals surface area (Å²) >= 11 is 0. The average molecular weight is 303 g/mol. The van der Waals surface area contributed by atoms with Gasteiger partial charge in [0.25, 0.3) is 5.91 Å². The Morgan fingerprint density at radius 2 is 2.05 bits per heavy atom. The first-order valence-electron chi connectivity index (χ1n) is 7.16. The van der Waals surface area contributed by atoms with Crippen LogP contribution in [0.5, 0.6) is 0 Å². The van der Waals surface area contributed by atoms with Crippen LogP contribution in [0.4, 0.5) is 4.39 Å². The number of benzene rings is 1. The normalized spacial score (nSPS) is 15.3. The standard InChI is InChI=1S/C16H18FN3O2/c17-15-3-1-13(2-4-15)5-6-19-12-14(11-18)16(21)20-7-9-22-10-8-20/h1-4,12,19H,5-10H2/b14-12-. The van der Waals surface area contributed by atoms with E-state index in [4.69, 9.17) is 10.00 Å². The fourth-order valence-electron chi connectivity index (χ4n) is 2.12. The summed E-state index contributed by atoms with van der Waals surface area (Å²) in [5, 5.41) is 12.1. The van der Waals surface area contributed by atoms with Crippen LogP contribution in [-0.2, 0) is 16.0 Å². The van der Waals surface area contributed by atoms with Crippen molar-refractivity contribution < 1.29 is 13.9 Å². The second-order valence-corrected chi connectivity index (χ2v) is 4.90. The number of halogens is 1. The molecule has 0 aromatic heterocycles. The molecular formula is C16H18FN3O2. The van der Waals surface area contributed by atoms with Crippen LogP contribution in [0.1, 0.15) is 5.56 Å². The molecule has 1 N–H and O–H groups in total. The van der Waals surface area contributed by atoms with Crippen molar-refractivity contribution in [1.82, 2.24) is 10.2 Å². The lowest BCUT2D eigenvalue weighted by atomic mass is 10.1. The van der Waals surface area contributed by atoms with Crippen molar-refractivity contribution in [2.75, 3.05) is 32.8 Å². The summed E-state index contributed by atoms with van der Waals surface area (Å²) in [7, 11) is 0. The number of carbonyl (C=O) groups is 1. The Morgan fingerprint density at radius 3 is 2.68 bits per heavy atom. The lowest BCUT2D eigenvalue weighted by molar-refractivity contribution is -0.130. The van der Waals surface area contributed by atoms with Gasteiger partial charge in [-0.05, 0) is 24.1 Å². The first kappa shape index (κ1) is 16.0. The number of nitrogens with zero attached hydrogens (tertiary/aromatic N) is 2. The monoisotopic (exact) mass is 303 g/mol. The highest BCUT2D eigenvalue weighted by molar-refractivity contribution is 5.97. The molecule has 0 saturated carbocycles. The quantitative estimate of drug-likeness (QED) is 0.505. The van der Waals surface area contributed by atoms with E-state index < -0.39 is 0 Å². The molecule has 1 aliphatic rings. The highest BCUT2D eigenvalue weighted by atomic mass is 19.1. The second-order valence-electron chi connectivity index (χ2n) is 4.90. The molecule has 1 saturated heterocycles. The van der Waals surface area contributed by atoms with Crippen LogP contribution in [0.15, 0.2) is 36.0 Å². The molecule has 116 valence electrons. The molecule has 1 aromatic rings. The molecule has 1 aromatic carbocycles. The van der Waals surface area contributed by atoms with Crippen LogP contribution in [-0.4, -0.2) is 43.7 Å². The molecule has 0 spiro atoms. The molecule has 0 radical (unpaired) electrons. The van der Waals surface area contributed by atoms with E-state index in [-0.39, 0.29) is 17.3 Å². The smallest absolute Gasteiger partial charge is 0.266 e. The maximum Gasteiger partial charge on any atom is 0.266 e. The molecule has 5 nitrogen and oxygen atoms in total. The maximum atomic E-state index is 12.8. The first-order chi connectivity index (χ1) is 10.7. The van der Waals surface area contributed by atoms with Crippen molar-refractivity contribution in [3.05, 3.63) is 47.4 Å². The van der Waals surface area contributed by atoms with E-state index in [2.05, 4.69) is 5.32 Å². The van der Waals surface area contributed by atoms with E-state index in [0.717, 1.165) is 5.56 Å². The fourth-order valence-corrected chi connectivity index (χ4v) is 2.12. The van der Waals surface area contributed by atoms with E-state index in [1.54, 1.807) is 17.0 Å². The Balaban J connectivity index is 1.83. The van der Waals surface area contributed by atoms with Crippen LogP contribution in [0.2, 0.25) is 0 Å². The largest absolute Gasteiger partial charge is 0.389 e. The molecule has 1 amide bonds. The van der Waals surface area contributed by atoms with Gasteiger partial charge in [0.05, 0.1) is 13.2 Å². The SMILES string of the molecule is N#C/C(=C/NCCc1ccc(F)cc1)C(=O)N1CCOCC1. The zero-order valence-electron chi connectivity index (χ0n) is 12.2. The molecule has 0 atom stereocenters. The molecule has 6 heteroatoms. The Morgan fingerprint density at radius 1 is 1.36 bits per heavy atom. The molecule has 0 bridgehead atoms. The van der Waals surface area contributed by atoms with Crippen molar-refractivity contribution >= 4 is 5.91 Å². The molecule has 2 rings (SSSR count). The molecule has 1 aliphatic heterocycles. The van der Waals surface area contributed by atoms with Crippen molar-refractivity contribution in [1.29, 1.82) is 5.26 Å². The van der Waals surface area contributed by atoms with Crippen LogP contribution in [0, 0.1) is 17.1 Å². The fraction of sp³-hybridized carbons (Fsp3) is 0.375. The third-order valence-corrected chi connectivity index (χ3v) is 3.37. The number of rotatable bonds is 5. The summed E-state index contributed by atoms with van der Waals surface area (Å²) in [6, 6.07) is 8.17. The number of hydrogen-bond acceptors (Lipinski definition) is 4. The van der Waals surface area contributed by atoms with Crippen LogP contribution in [0.3, 0.4) is 0 Å². The van der Waals surface area contributed by atoms with Gasteiger partial charge in [-0.3, -0.25) is 4.79 Å². The van der Waals surface area contributed by atoms with Gasteiger partial charge in [-0.15, -0.1) is 0 Å². The van der Waals surface area contributed by atoms with Gasteiger partial charge in [-0.1, -0.05) is 12.1 Å². The minimum atomic E-state index is -0.278. The lowest BCUT2D eigenvalue weighted by Crippen LogP contribution is -2.41. The number of ether oxygens (including phenoxy) is 1. The van der Waals surface area contributed by atoms with Gasteiger partial charge in [-0.25, -0.2) is 4.39 Å². The third-order valence-electron chi connectivity index (χ3n) is 3.37. The maximum absolute atomic E-state index is 12.8. The van der Waals surface area contributed by atoms with Crippen molar-refractivity contribution in [3.8, 4) is 6.07 Å². The van der Waals surface area contributed by atoms with E-state index in [1.807, 2.05) is 6.07 Å². The van der Waals surface area contributed by atoms with Crippen LogP contribution >= 0.6 is 0 Å². The minimum absolute atomic E-state index is 0.0843. The van der Waals surface area contributed by atoms with Gasteiger partial charge in [-0.2, -0.15) is 5.26 Å². The molecule has 1 fully saturated rings. The zero-order valence-corrected chi connectivity index (χ0v) is 12.2. The lowest BCUT2D eigenvalue weighted by Gasteiger charge is -2.26. The average Bonchev–Trinajstić information content (AvgIpc) is 2.57. The predicted octanol–water partition coefficient (Wildman–Crippen LogP) is 1.22. The number of amides is 1. The Labute approximate surface area is 129 Å². The van der Waals surface area contributed by atoms with Gasteiger partial charge in [0.15, 0.2) is 0 Å². The van der Waals surface area contributed by atoms with Gasteiger partial charge >= 0.3 is 0 Å². The highest BCUT2D eigenvalue weighted by Gasteiger charge is 2.20. The summed E-state index contributed by atoms with van der Waals surface area (Å²) in [5.41, 5.74) is 1.07. The molecule has 0 aliphatic carbocycles. The van der Waals surface area contributed by atoms with Gasteiger partial charge < -0.3 is 15.0 Å².